The van der Waals surface area contributed by atoms with Gasteiger partial charge in [-0.1, -0.05) is 76.1 Å². The first-order valence-corrected chi connectivity index (χ1v) is 14.7. The Morgan fingerprint density at radius 2 is 1.57 bits per heavy atom. The summed E-state index contributed by atoms with van der Waals surface area (Å²) in [6.07, 6.45) is 6.44. The standard InChI is InChI=1S/C31H52N4O5/c1-8-10-12-13-14-15-19-35(29(38)25(21-26(32)36)34-30(39)40-31(5,6)7)27(28(37)33-18-11-9-2)24-17-16-22(3)20-23(24)4/h16-17,20,25,27H,8-15,18-19,21H2,1-7H3,(H2,32,36)(H,33,37)(H,34,39). The van der Waals surface area contributed by atoms with Crippen LogP contribution in [0.25, 0.3) is 0 Å². The average Bonchev–Trinajstić information content (AvgIpc) is 2.84. The summed E-state index contributed by atoms with van der Waals surface area (Å²) in [7, 11) is 0. The molecule has 2 unspecified atom stereocenters. The zero-order chi connectivity index (χ0) is 30.3. The molecule has 1 aromatic rings. The van der Waals surface area contributed by atoms with E-state index >= 15 is 0 Å². The van der Waals surface area contributed by atoms with Crippen LogP contribution in [0.2, 0.25) is 0 Å². The number of amides is 4. The molecule has 4 amide bonds. The summed E-state index contributed by atoms with van der Waals surface area (Å²) in [5.41, 5.74) is 7.31. The highest BCUT2D eigenvalue weighted by Gasteiger charge is 2.37. The molecule has 0 saturated carbocycles. The van der Waals surface area contributed by atoms with Crippen molar-refractivity contribution < 1.29 is 23.9 Å². The Balaban J connectivity index is 3.49. The van der Waals surface area contributed by atoms with Crippen LogP contribution in [-0.2, 0) is 19.1 Å². The van der Waals surface area contributed by atoms with E-state index in [1.807, 2.05) is 39.0 Å². The molecule has 226 valence electrons. The number of aryl methyl sites for hydroxylation is 2. The maximum atomic E-state index is 14.1. The van der Waals surface area contributed by atoms with Crippen molar-refractivity contribution in [3.63, 3.8) is 0 Å². The van der Waals surface area contributed by atoms with Crippen molar-refractivity contribution in [3.05, 3.63) is 34.9 Å². The number of ether oxygens (including phenoxy) is 1. The second kappa shape index (κ2) is 17.6. The molecule has 40 heavy (non-hydrogen) atoms. The van der Waals surface area contributed by atoms with Gasteiger partial charge in [-0.2, -0.15) is 0 Å². The minimum absolute atomic E-state index is 0.287. The van der Waals surface area contributed by atoms with E-state index in [0.29, 0.717) is 18.5 Å². The van der Waals surface area contributed by atoms with Gasteiger partial charge < -0.3 is 26.0 Å². The number of hydrogen-bond donors (Lipinski definition) is 3. The third-order valence-corrected chi connectivity index (χ3v) is 6.54. The summed E-state index contributed by atoms with van der Waals surface area (Å²) < 4.78 is 5.35. The molecule has 0 fully saturated rings. The molecular weight excluding hydrogens is 508 g/mol. The highest BCUT2D eigenvalue weighted by molar-refractivity contribution is 5.94. The minimum atomic E-state index is -1.27. The van der Waals surface area contributed by atoms with Gasteiger partial charge in [0, 0.05) is 13.1 Å². The summed E-state index contributed by atoms with van der Waals surface area (Å²) in [4.78, 5) is 54.0. The summed E-state index contributed by atoms with van der Waals surface area (Å²) in [6.45, 7) is 14.0. The SMILES string of the molecule is CCCCCCCCN(C(=O)C(CC(N)=O)NC(=O)OC(C)(C)C)C(C(=O)NCCCC)c1ccc(C)cc1C. The summed E-state index contributed by atoms with van der Waals surface area (Å²) in [6, 6.07) is 3.57. The van der Waals surface area contributed by atoms with Crippen molar-refractivity contribution in [1.29, 1.82) is 0 Å². The van der Waals surface area contributed by atoms with Gasteiger partial charge in [-0.05, 0) is 58.6 Å². The van der Waals surface area contributed by atoms with Crippen LogP contribution >= 0.6 is 0 Å². The number of benzene rings is 1. The first kappa shape index (κ1) is 34.9. The van der Waals surface area contributed by atoms with Crippen LogP contribution < -0.4 is 16.4 Å². The molecule has 4 N–H and O–H groups in total. The Morgan fingerprint density at radius 3 is 2.15 bits per heavy atom. The molecule has 9 nitrogen and oxygen atoms in total. The molecule has 0 aromatic heterocycles. The van der Waals surface area contributed by atoms with Crippen molar-refractivity contribution in [2.75, 3.05) is 13.1 Å². The predicted octanol–water partition coefficient (Wildman–Crippen LogP) is 5.22. The van der Waals surface area contributed by atoms with E-state index in [-0.39, 0.29) is 12.5 Å². The van der Waals surface area contributed by atoms with Crippen LogP contribution in [-0.4, -0.2) is 53.4 Å². The van der Waals surface area contributed by atoms with Gasteiger partial charge >= 0.3 is 6.09 Å². The molecule has 1 aromatic carbocycles. The lowest BCUT2D eigenvalue weighted by Crippen LogP contribution is -2.54. The lowest BCUT2D eigenvalue weighted by atomic mass is 9.95. The molecular formula is C31H52N4O5. The molecule has 0 radical (unpaired) electrons. The Kier molecular flexibility index (Phi) is 15.3. The van der Waals surface area contributed by atoms with Crippen LogP contribution in [0, 0.1) is 13.8 Å². The van der Waals surface area contributed by atoms with Crippen molar-refractivity contribution in [3.8, 4) is 0 Å². The van der Waals surface area contributed by atoms with Gasteiger partial charge in [-0.15, -0.1) is 0 Å². The van der Waals surface area contributed by atoms with Crippen molar-refractivity contribution in [2.45, 2.75) is 124 Å². The second-order valence-corrected chi connectivity index (χ2v) is 11.6. The monoisotopic (exact) mass is 560 g/mol. The summed E-state index contributed by atoms with van der Waals surface area (Å²) >= 11 is 0. The lowest BCUT2D eigenvalue weighted by molar-refractivity contribution is -0.143. The fourth-order valence-electron chi connectivity index (χ4n) is 4.55. The number of alkyl carbamates (subject to hydrolysis) is 1. The molecule has 0 aliphatic heterocycles. The number of hydrogen-bond acceptors (Lipinski definition) is 5. The summed E-state index contributed by atoms with van der Waals surface area (Å²) in [5, 5.41) is 5.53. The number of unbranched alkanes of at least 4 members (excludes halogenated alkanes) is 6. The molecule has 0 saturated heterocycles. The van der Waals surface area contributed by atoms with E-state index < -0.39 is 42.0 Å². The molecule has 0 aliphatic rings. The molecule has 1 rings (SSSR count). The Labute approximate surface area is 241 Å². The molecule has 0 aliphatic carbocycles. The fourth-order valence-corrected chi connectivity index (χ4v) is 4.55. The van der Waals surface area contributed by atoms with Crippen molar-refractivity contribution >= 4 is 23.8 Å². The largest absolute Gasteiger partial charge is 0.444 e. The molecule has 0 heterocycles. The Hall–Kier alpha value is -3.10. The number of nitrogens with zero attached hydrogens (tertiary/aromatic N) is 1. The van der Waals surface area contributed by atoms with Gasteiger partial charge in [-0.25, -0.2) is 4.79 Å². The van der Waals surface area contributed by atoms with Gasteiger partial charge in [0.05, 0.1) is 6.42 Å². The molecule has 9 heteroatoms. The van der Waals surface area contributed by atoms with Gasteiger partial charge in [0.25, 0.3) is 0 Å². The predicted molar refractivity (Wildman–Crippen MR) is 159 cm³/mol. The molecule has 2 atom stereocenters. The number of carbonyl (C=O) groups excluding carboxylic acids is 4. The summed E-state index contributed by atoms with van der Waals surface area (Å²) in [5.74, 6) is -1.59. The van der Waals surface area contributed by atoms with Crippen molar-refractivity contribution in [2.24, 2.45) is 5.73 Å². The number of rotatable bonds is 17. The third-order valence-electron chi connectivity index (χ3n) is 6.54. The zero-order valence-corrected chi connectivity index (χ0v) is 25.7. The van der Waals surface area contributed by atoms with E-state index in [1.54, 1.807) is 20.8 Å². The first-order valence-electron chi connectivity index (χ1n) is 14.7. The number of carbonyl (C=O) groups is 4. The van der Waals surface area contributed by atoms with E-state index in [0.717, 1.165) is 56.1 Å². The first-order chi connectivity index (χ1) is 18.8. The van der Waals surface area contributed by atoms with Crippen LogP contribution in [0.15, 0.2) is 18.2 Å². The van der Waals surface area contributed by atoms with Gasteiger partial charge in [0.15, 0.2) is 0 Å². The smallest absolute Gasteiger partial charge is 0.408 e. The number of nitrogens with one attached hydrogen (secondary N) is 2. The van der Waals surface area contributed by atoms with Crippen LogP contribution in [0.3, 0.4) is 0 Å². The second-order valence-electron chi connectivity index (χ2n) is 11.6. The fraction of sp³-hybridized carbons (Fsp3) is 0.677. The highest BCUT2D eigenvalue weighted by Crippen LogP contribution is 2.27. The van der Waals surface area contributed by atoms with Crippen molar-refractivity contribution in [1.82, 2.24) is 15.5 Å². The average molecular weight is 561 g/mol. The van der Waals surface area contributed by atoms with Crippen LogP contribution in [0.5, 0.6) is 0 Å². The lowest BCUT2D eigenvalue weighted by Gasteiger charge is -2.35. The van der Waals surface area contributed by atoms with E-state index in [1.165, 1.54) is 4.90 Å². The molecule has 0 bridgehead atoms. The Morgan fingerprint density at radius 1 is 0.950 bits per heavy atom. The quantitative estimate of drug-likeness (QED) is 0.225. The normalized spacial score (nSPS) is 12.8. The van der Waals surface area contributed by atoms with Gasteiger partial charge in [0.2, 0.25) is 17.7 Å². The highest BCUT2D eigenvalue weighted by atomic mass is 16.6. The maximum Gasteiger partial charge on any atom is 0.408 e. The number of primary amides is 1. The zero-order valence-electron chi connectivity index (χ0n) is 25.7. The van der Waals surface area contributed by atoms with E-state index in [4.69, 9.17) is 10.5 Å². The van der Waals surface area contributed by atoms with Crippen LogP contribution in [0.4, 0.5) is 4.79 Å². The maximum absolute atomic E-state index is 14.1. The number of nitrogens with two attached hydrogens (primary N) is 1. The Bertz CT molecular complexity index is 973. The topological polar surface area (TPSA) is 131 Å². The van der Waals surface area contributed by atoms with E-state index in [2.05, 4.69) is 17.6 Å². The third kappa shape index (κ3) is 12.8. The molecule has 0 spiro atoms. The van der Waals surface area contributed by atoms with E-state index in [9.17, 15) is 19.2 Å². The minimum Gasteiger partial charge on any atom is -0.444 e. The van der Waals surface area contributed by atoms with Crippen LogP contribution in [0.1, 0.15) is 115 Å². The van der Waals surface area contributed by atoms with Gasteiger partial charge in [-0.3, -0.25) is 14.4 Å². The van der Waals surface area contributed by atoms with Gasteiger partial charge in [0.1, 0.15) is 17.7 Å².